The molecule has 0 fully saturated rings. The number of rotatable bonds is 6. The first-order chi connectivity index (χ1) is 7.31. The van der Waals surface area contributed by atoms with Gasteiger partial charge in [-0.1, -0.05) is 6.92 Å². The predicted molar refractivity (Wildman–Crippen MR) is 41.1 cm³/mol. The molecule has 0 saturated heterocycles. The molecule has 0 aliphatic heterocycles. The molecule has 0 rings (SSSR count). The smallest absolute Gasteiger partial charge is 0.309 e. The molecule has 0 aromatic carbocycles. The van der Waals surface area contributed by atoms with Crippen molar-refractivity contribution in [1.82, 2.24) is 0 Å². The largest absolute Gasteiger partial charge is 0.426 e. The zero-order chi connectivity index (χ0) is 14.1. The van der Waals surface area contributed by atoms with Crippen molar-refractivity contribution in [3.05, 3.63) is 6.61 Å². The lowest BCUT2D eigenvalue weighted by Gasteiger charge is -2.34. The Kier molecular flexibility index (Phi) is 4.42. The maximum absolute atomic E-state index is 12.7. The molecule has 0 aliphatic carbocycles. The van der Waals surface area contributed by atoms with Crippen molar-refractivity contribution in [1.29, 1.82) is 0 Å². The third-order valence-electron chi connectivity index (χ3n) is 1.71. The lowest BCUT2D eigenvalue weighted by Crippen LogP contribution is -2.61. The van der Waals surface area contributed by atoms with E-state index in [0.717, 1.165) is 0 Å². The van der Waals surface area contributed by atoms with Gasteiger partial charge < -0.3 is 4.74 Å². The van der Waals surface area contributed by atoms with Gasteiger partial charge in [-0.25, -0.2) is 0 Å². The van der Waals surface area contributed by atoms with Gasteiger partial charge in [-0.15, -0.1) is 0 Å². The van der Waals surface area contributed by atoms with Gasteiger partial charge in [-0.3, -0.25) is 0 Å². The van der Waals surface area contributed by atoms with E-state index in [-0.39, 0.29) is 13.0 Å². The van der Waals surface area contributed by atoms with E-state index < -0.39 is 30.8 Å². The minimum absolute atomic E-state index is 0.123. The monoisotopic (exact) mass is 273 g/mol. The fraction of sp³-hybridized carbons (Fsp3) is 0.875. The first kappa shape index (κ1) is 16.4. The molecule has 0 amide bonds. The second kappa shape index (κ2) is 4.58. The highest BCUT2D eigenvalue weighted by Gasteiger charge is 2.80. The van der Waals surface area contributed by atoms with Gasteiger partial charge in [0, 0.05) is 6.92 Å². The summed E-state index contributed by atoms with van der Waals surface area (Å²) in [6.07, 6.45) is -6.02. The lowest BCUT2D eigenvalue weighted by atomic mass is 10.1. The zero-order valence-corrected chi connectivity index (χ0v) is 8.72. The molecule has 0 aromatic heterocycles. The Labute approximate surface area is 91.7 Å². The lowest BCUT2D eigenvalue weighted by molar-refractivity contribution is -0.419. The summed E-state index contributed by atoms with van der Waals surface area (Å²) in [7, 11) is 0. The van der Waals surface area contributed by atoms with E-state index in [1.165, 1.54) is 6.92 Å². The van der Waals surface area contributed by atoms with Crippen LogP contribution in [0.25, 0.3) is 0 Å². The van der Waals surface area contributed by atoms with E-state index >= 15 is 0 Å². The molecule has 0 heterocycles. The van der Waals surface area contributed by atoms with E-state index in [2.05, 4.69) is 4.74 Å². The van der Waals surface area contributed by atoms with Crippen molar-refractivity contribution in [3.63, 3.8) is 0 Å². The summed E-state index contributed by atoms with van der Waals surface area (Å²) < 4.78 is 103. The molecule has 0 bridgehead atoms. The Balaban J connectivity index is 5.24. The fourth-order valence-corrected chi connectivity index (χ4v) is 0.720. The van der Waals surface area contributed by atoms with E-state index in [4.69, 9.17) is 0 Å². The van der Waals surface area contributed by atoms with Crippen molar-refractivity contribution in [2.45, 2.75) is 44.1 Å². The third kappa shape index (κ3) is 2.80. The van der Waals surface area contributed by atoms with Gasteiger partial charge in [0.25, 0.3) is 0 Å². The molecule has 0 atom stereocenters. The van der Waals surface area contributed by atoms with Gasteiger partial charge in [-0.05, 0) is 6.42 Å². The Morgan fingerprint density at radius 1 is 0.882 bits per heavy atom. The maximum Gasteiger partial charge on any atom is 0.426 e. The predicted octanol–water partition coefficient (Wildman–Crippen LogP) is 4.09. The maximum atomic E-state index is 12.7. The molecule has 0 unspecified atom stereocenters. The van der Waals surface area contributed by atoms with Gasteiger partial charge in [-0.2, -0.15) is 35.1 Å². The molecule has 9 heteroatoms. The summed E-state index contributed by atoms with van der Waals surface area (Å²) in [4.78, 5) is 0. The molecular formula is C8H9F8O. The first-order valence-corrected chi connectivity index (χ1v) is 4.32. The average molecular weight is 273 g/mol. The van der Waals surface area contributed by atoms with Gasteiger partial charge >= 0.3 is 23.9 Å². The summed E-state index contributed by atoms with van der Waals surface area (Å²) in [5.74, 6) is -17.9. The first-order valence-electron chi connectivity index (χ1n) is 4.32. The molecule has 0 aromatic rings. The third-order valence-corrected chi connectivity index (χ3v) is 1.71. The molecule has 0 saturated carbocycles. The molecule has 0 spiro atoms. The number of alkyl halides is 8. The van der Waals surface area contributed by atoms with Crippen LogP contribution in [0.4, 0.5) is 35.1 Å². The Morgan fingerprint density at radius 2 is 1.29 bits per heavy atom. The Bertz CT molecular complexity index is 257. The zero-order valence-electron chi connectivity index (χ0n) is 8.72. The van der Waals surface area contributed by atoms with Crippen molar-refractivity contribution in [3.8, 4) is 0 Å². The standard InChI is InChI=1S/C8H9F8O/c1-3-4-17-8(15,16)7(13,14)6(11,12)5(2,9)10/h4H,3H2,1-2H3. The van der Waals surface area contributed by atoms with Crippen LogP contribution in [0, 0.1) is 6.61 Å². The van der Waals surface area contributed by atoms with Gasteiger partial charge in [0.2, 0.25) is 0 Å². The number of hydrogen-bond donors (Lipinski definition) is 0. The van der Waals surface area contributed by atoms with E-state index in [1.807, 2.05) is 0 Å². The van der Waals surface area contributed by atoms with Crippen LogP contribution in [-0.2, 0) is 4.74 Å². The van der Waals surface area contributed by atoms with Crippen LogP contribution < -0.4 is 0 Å². The SMILES string of the molecule is CC[CH]OC(F)(F)C(F)(F)C(F)(F)C(C)(F)F. The molecule has 0 aliphatic rings. The van der Waals surface area contributed by atoms with Crippen molar-refractivity contribution in [2.24, 2.45) is 0 Å². The summed E-state index contributed by atoms with van der Waals surface area (Å²) >= 11 is 0. The van der Waals surface area contributed by atoms with Crippen LogP contribution in [0.3, 0.4) is 0 Å². The number of hydrogen-bond acceptors (Lipinski definition) is 1. The summed E-state index contributed by atoms with van der Waals surface area (Å²) in [5, 5.41) is 0. The van der Waals surface area contributed by atoms with Gasteiger partial charge in [0.15, 0.2) is 0 Å². The van der Waals surface area contributed by atoms with E-state index in [9.17, 15) is 35.1 Å². The topological polar surface area (TPSA) is 9.23 Å². The second-order valence-electron chi connectivity index (χ2n) is 3.25. The quantitative estimate of drug-likeness (QED) is 0.662. The molecule has 1 radical (unpaired) electrons. The second-order valence-corrected chi connectivity index (χ2v) is 3.25. The van der Waals surface area contributed by atoms with E-state index in [1.54, 1.807) is 0 Å². The fourth-order valence-electron chi connectivity index (χ4n) is 0.720. The highest BCUT2D eigenvalue weighted by molar-refractivity contribution is 4.99. The summed E-state index contributed by atoms with van der Waals surface area (Å²) in [5.41, 5.74) is 0. The molecule has 103 valence electrons. The number of ether oxygens (including phenoxy) is 1. The Hall–Kier alpha value is -0.600. The van der Waals surface area contributed by atoms with Crippen molar-refractivity contribution in [2.75, 3.05) is 0 Å². The van der Waals surface area contributed by atoms with Gasteiger partial charge in [0.1, 0.15) is 0 Å². The summed E-state index contributed by atoms with van der Waals surface area (Å²) in [6.45, 7) is 0.735. The Morgan fingerprint density at radius 3 is 1.59 bits per heavy atom. The molecule has 17 heavy (non-hydrogen) atoms. The average Bonchev–Trinajstić information content (AvgIpc) is 2.12. The van der Waals surface area contributed by atoms with Crippen molar-refractivity contribution < 1.29 is 39.9 Å². The van der Waals surface area contributed by atoms with Gasteiger partial charge in [0.05, 0.1) is 6.61 Å². The van der Waals surface area contributed by atoms with E-state index in [0.29, 0.717) is 0 Å². The normalized spacial score (nSPS) is 15.2. The highest BCUT2D eigenvalue weighted by atomic mass is 19.4. The van der Waals surface area contributed by atoms with Crippen LogP contribution in [0.2, 0.25) is 0 Å². The molecule has 0 N–H and O–H groups in total. The van der Waals surface area contributed by atoms with Crippen LogP contribution in [0.1, 0.15) is 20.3 Å². The van der Waals surface area contributed by atoms with Crippen molar-refractivity contribution >= 4 is 0 Å². The summed E-state index contributed by atoms with van der Waals surface area (Å²) in [6, 6.07) is 0. The minimum atomic E-state index is -6.34. The number of halogens is 8. The molecular weight excluding hydrogens is 264 g/mol. The van der Waals surface area contributed by atoms with Crippen LogP contribution >= 0.6 is 0 Å². The van der Waals surface area contributed by atoms with Crippen LogP contribution in [0.15, 0.2) is 0 Å². The van der Waals surface area contributed by atoms with Crippen LogP contribution in [0.5, 0.6) is 0 Å². The minimum Gasteiger partial charge on any atom is -0.309 e. The van der Waals surface area contributed by atoms with Crippen LogP contribution in [-0.4, -0.2) is 23.9 Å². The highest BCUT2D eigenvalue weighted by Crippen LogP contribution is 2.52. The molecule has 1 nitrogen and oxygen atoms in total.